The number of rotatable bonds is 9. The van der Waals surface area contributed by atoms with Crippen molar-refractivity contribution in [3.8, 4) is 11.5 Å². The van der Waals surface area contributed by atoms with Crippen molar-refractivity contribution in [3.05, 3.63) is 95.3 Å². The quantitative estimate of drug-likeness (QED) is 0.560. The number of carbonyl (C=O) groups excluding carboxylic acids is 1. The first kappa shape index (κ1) is 21.8. The zero-order valence-corrected chi connectivity index (χ0v) is 17.0. The summed E-state index contributed by atoms with van der Waals surface area (Å²) in [5.74, 6) is -2.32. The van der Waals surface area contributed by atoms with Crippen LogP contribution in [-0.2, 0) is 17.9 Å². The lowest BCUT2D eigenvalue weighted by molar-refractivity contribution is -0.134. The van der Waals surface area contributed by atoms with Crippen LogP contribution in [0.1, 0.15) is 21.5 Å². The zero-order chi connectivity index (χ0) is 22.2. The maximum absolute atomic E-state index is 14.1. The summed E-state index contributed by atoms with van der Waals surface area (Å²) in [6.07, 6.45) is 0. The summed E-state index contributed by atoms with van der Waals surface area (Å²) in [5, 5.41) is 9.24. The molecule has 0 aliphatic heterocycles. The Morgan fingerprint density at radius 2 is 1.55 bits per heavy atom. The molecule has 1 amide bonds. The van der Waals surface area contributed by atoms with Crippen LogP contribution in [0.4, 0.5) is 4.39 Å². The van der Waals surface area contributed by atoms with Gasteiger partial charge in [-0.05, 0) is 35.4 Å². The molecule has 3 aromatic carbocycles. The van der Waals surface area contributed by atoms with Crippen LogP contribution in [0.5, 0.6) is 11.5 Å². The Kier molecular flexibility index (Phi) is 7.22. The molecule has 0 bridgehead atoms. The summed E-state index contributed by atoms with van der Waals surface area (Å²) in [7, 11) is 1.58. The highest BCUT2D eigenvalue weighted by atomic mass is 19.1. The summed E-state index contributed by atoms with van der Waals surface area (Å²) in [6, 6.07) is 20.3. The van der Waals surface area contributed by atoms with Gasteiger partial charge in [-0.15, -0.1) is 0 Å². The number of hydrogen-bond donors (Lipinski definition) is 1. The second kappa shape index (κ2) is 10.2. The molecular weight excluding hydrogens is 401 g/mol. The monoisotopic (exact) mass is 423 g/mol. The predicted octanol–water partition coefficient (Wildman–Crippen LogP) is 4.14. The van der Waals surface area contributed by atoms with E-state index in [1.807, 2.05) is 42.5 Å². The van der Waals surface area contributed by atoms with E-state index >= 15 is 0 Å². The summed E-state index contributed by atoms with van der Waals surface area (Å²) in [5.41, 5.74) is 1.46. The van der Waals surface area contributed by atoms with Crippen LogP contribution in [0.15, 0.2) is 72.8 Å². The van der Waals surface area contributed by atoms with Gasteiger partial charge in [-0.2, -0.15) is 0 Å². The SMILES string of the molecule is COc1ccc(CN(Cc2ccccc2)C(=O)COc2c(F)cccc2C(=O)O)cc1. The molecule has 160 valence electrons. The van der Waals surface area contributed by atoms with Crippen molar-refractivity contribution in [2.24, 2.45) is 0 Å². The van der Waals surface area contributed by atoms with Gasteiger partial charge >= 0.3 is 5.97 Å². The number of carbonyl (C=O) groups is 2. The van der Waals surface area contributed by atoms with Gasteiger partial charge in [-0.25, -0.2) is 9.18 Å². The summed E-state index contributed by atoms with van der Waals surface area (Å²) in [6.45, 7) is 0.118. The van der Waals surface area contributed by atoms with Gasteiger partial charge in [0.25, 0.3) is 5.91 Å². The van der Waals surface area contributed by atoms with Gasteiger partial charge in [0.2, 0.25) is 0 Å². The van der Waals surface area contributed by atoms with E-state index in [0.29, 0.717) is 18.8 Å². The van der Waals surface area contributed by atoms with Crippen molar-refractivity contribution >= 4 is 11.9 Å². The van der Waals surface area contributed by atoms with E-state index in [1.165, 1.54) is 12.1 Å². The molecule has 0 aliphatic rings. The first-order valence-electron chi connectivity index (χ1n) is 9.57. The van der Waals surface area contributed by atoms with Crippen LogP contribution >= 0.6 is 0 Å². The van der Waals surface area contributed by atoms with E-state index in [-0.39, 0.29) is 5.56 Å². The van der Waals surface area contributed by atoms with E-state index in [4.69, 9.17) is 9.47 Å². The van der Waals surface area contributed by atoms with Crippen molar-refractivity contribution in [1.82, 2.24) is 4.90 Å². The number of nitrogens with zero attached hydrogens (tertiary/aromatic N) is 1. The van der Waals surface area contributed by atoms with E-state index in [2.05, 4.69) is 0 Å². The maximum atomic E-state index is 14.1. The Morgan fingerprint density at radius 1 is 0.903 bits per heavy atom. The Hall–Kier alpha value is -3.87. The standard InChI is InChI=1S/C24H22FNO5/c1-30-19-12-10-18(11-13-19)15-26(14-17-6-3-2-4-7-17)22(27)16-31-23-20(24(28)29)8-5-9-21(23)25/h2-13H,14-16H2,1H3,(H,28,29). The molecule has 0 heterocycles. The fourth-order valence-corrected chi connectivity index (χ4v) is 3.04. The minimum Gasteiger partial charge on any atom is -0.497 e. The highest BCUT2D eigenvalue weighted by Gasteiger charge is 2.20. The van der Waals surface area contributed by atoms with Crippen molar-refractivity contribution in [2.45, 2.75) is 13.1 Å². The molecule has 3 aromatic rings. The number of ether oxygens (including phenoxy) is 2. The van der Waals surface area contributed by atoms with Crippen LogP contribution in [0.2, 0.25) is 0 Å². The molecule has 6 nitrogen and oxygen atoms in total. The molecule has 0 aliphatic carbocycles. The second-order valence-electron chi connectivity index (χ2n) is 6.79. The summed E-state index contributed by atoms with van der Waals surface area (Å²) >= 11 is 0. The van der Waals surface area contributed by atoms with Gasteiger partial charge in [0.15, 0.2) is 18.2 Å². The van der Waals surface area contributed by atoms with Crippen molar-refractivity contribution in [1.29, 1.82) is 0 Å². The van der Waals surface area contributed by atoms with E-state index in [1.54, 1.807) is 24.1 Å². The molecule has 0 unspecified atom stereocenters. The minimum absolute atomic E-state index is 0.296. The molecular formula is C24H22FNO5. The fraction of sp³-hybridized carbons (Fsp3) is 0.167. The summed E-state index contributed by atoms with van der Waals surface area (Å²) < 4.78 is 24.6. The lowest BCUT2D eigenvalue weighted by Gasteiger charge is -2.23. The number of benzene rings is 3. The Labute approximate surface area is 179 Å². The van der Waals surface area contributed by atoms with Crippen LogP contribution in [0.25, 0.3) is 0 Å². The third-order valence-electron chi connectivity index (χ3n) is 4.64. The third kappa shape index (κ3) is 5.82. The number of aromatic carboxylic acids is 1. The van der Waals surface area contributed by atoms with E-state index < -0.39 is 30.1 Å². The average molecular weight is 423 g/mol. The molecule has 7 heteroatoms. The third-order valence-corrected chi connectivity index (χ3v) is 4.64. The van der Waals surface area contributed by atoms with Crippen molar-refractivity contribution in [2.75, 3.05) is 13.7 Å². The average Bonchev–Trinajstić information content (AvgIpc) is 2.78. The topological polar surface area (TPSA) is 76.1 Å². The van der Waals surface area contributed by atoms with Crippen LogP contribution in [-0.4, -0.2) is 35.6 Å². The molecule has 31 heavy (non-hydrogen) atoms. The minimum atomic E-state index is -1.33. The molecule has 0 radical (unpaired) electrons. The normalized spacial score (nSPS) is 10.4. The molecule has 0 aromatic heterocycles. The predicted molar refractivity (Wildman–Crippen MR) is 113 cm³/mol. The largest absolute Gasteiger partial charge is 0.497 e. The molecule has 1 N–H and O–H groups in total. The molecule has 3 rings (SSSR count). The highest BCUT2D eigenvalue weighted by Crippen LogP contribution is 2.23. The van der Waals surface area contributed by atoms with Crippen molar-refractivity contribution in [3.63, 3.8) is 0 Å². The first-order valence-corrected chi connectivity index (χ1v) is 9.57. The van der Waals surface area contributed by atoms with Gasteiger partial charge in [0.05, 0.1) is 7.11 Å². The van der Waals surface area contributed by atoms with Crippen LogP contribution < -0.4 is 9.47 Å². The lowest BCUT2D eigenvalue weighted by atomic mass is 10.1. The van der Waals surface area contributed by atoms with E-state index in [0.717, 1.165) is 17.2 Å². The number of carboxylic acids is 1. The van der Waals surface area contributed by atoms with Gasteiger partial charge in [-0.1, -0.05) is 48.5 Å². The molecule has 0 spiro atoms. The maximum Gasteiger partial charge on any atom is 0.339 e. The number of halogens is 1. The van der Waals surface area contributed by atoms with Crippen molar-refractivity contribution < 1.29 is 28.6 Å². The molecule has 0 saturated carbocycles. The number of hydrogen-bond acceptors (Lipinski definition) is 4. The van der Waals surface area contributed by atoms with Gasteiger partial charge < -0.3 is 19.5 Å². The highest BCUT2D eigenvalue weighted by molar-refractivity contribution is 5.91. The smallest absolute Gasteiger partial charge is 0.339 e. The number of carboxylic acid groups (broad SMARTS) is 1. The van der Waals surface area contributed by atoms with Crippen LogP contribution in [0.3, 0.4) is 0 Å². The number of methoxy groups -OCH3 is 1. The Balaban J connectivity index is 1.78. The lowest BCUT2D eigenvalue weighted by Crippen LogP contribution is -2.34. The molecule has 0 atom stereocenters. The number of para-hydroxylation sites is 1. The Morgan fingerprint density at radius 3 is 2.16 bits per heavy atom. The first-order chi connectivity index (χ1) is 15.0. The molecule has 0 fully saturated rings. The van der Waals surface area contributed by atoms with Crippen LogP contribution in [0, 0.1) is 5.82 Å². The van der Waals surface area contributed by atoms with Gasteiger partial charge in [-0.3, -0.25) is 4.79 Å². The fourth-order valence-electron chi connectivity index (χ4n) is 3.04. The molecule has 0 saturated heterocycles. The Bertz CT molecular complexity index is 1040. The van der Waals surface area contributed by atoms with Gasteiger partial charge in [0.1, 0.15) is 11.3 Å². The zero-order valence-electron chi connectivity index (χ0n) is 17.0. The van der Waals surface area contributed by atoms with E-state index in [9.17, 15) is 19.1 Å². The second-order valence-corrected chi connectivity index (χ2v) is 6.79. The summed E-state index contributed by atoms with van der Waals surface area (Å²) in [4.78, 5) is 25.9. The van der Waals surface area contributed by atoms with Gasteiger partial charge in [0, 0.05) is 13.1 Å². The number of amides is 1.